The van der Waals surface area contributed by atoms with E-state index in [1.54, 1.807) is 0 Å². The number of carbonyl (C=O) groups excluding carboxylic acids is 1. The second-order valence-corrected chi connectivity index (χ2v) is 5.99. The maximum absolute atomic E-state index is 11.5. The maximum atomic E-state index is 11.5. The lowest BCUT2D eigenvalue weighted by Gasteiger charge is -2.19. The summed E-state index contributed by atoms with van der Waals surface area (Å²) in [6.45, 7) is 5.84. The van der Waals surface area contributed by atoms with Crippen LogP contribution in [0.15, 0.2) is 24.3 Å². The molecule has 0 saturated carbocycles. The Balaban J connectivity index is 1.97. The number of hydrogen-bond acceptors (Lipinski definition) is 4. The van der Waals surface area contributed by atoms with E-state index in [2.05, 4.69) is 15.3 Å². The van der Waals surface area contributed by atoms with Gasteiger partial charge >= 0.3 is 6.09 Å². The van der Waals surface area contributed by atoms with Crippen LogP contribution in [0.5, 0.6) is 0 Å². The summed E-state index contributed by atoms with van der Waals surface area (Å²) in [4.78, 5) is 20.3. The molecule has 6 heteroatoms. The lowest BCUT2D eigenvalue weighted by atomic mass is 10.2. The third kappa shape index (κ3) is 4.56. The number of fused-ring (bicyclic) bond motifs is 1. The van der Waals surface area contributed by atoms with Gasteiger partial charge < -0.3 is 10.1 Å². The van der Waals surface area contributed by atoms with Crippen molar-refractivity contribution in [2.24, 2.45) is 0 Å². The van der Waals surface area contributed by atoms with Gasteiger partial charge in [0, 0.05) is 13.0 Å². The highest BCUT2D eigenvalue weighted by Gasteiger charge is 2.16. The normalized spacial score (nSPS) is 11.4. The van der Waals surface area contributed by atoms with Crippen LogP contribution in [0.25, 0.3) is 11.0 Å². The molecule has 112 valence electrons. The molecule has 1 heterocycles. The fourth-order valence-corrected chi connectivity index (χ4v) is 2.00. The average molecular weight is 308 g/mol. The molecule has 5 nitrogen and oxygen atoms in total. The molecule has 2 aromatic rings. The van der Waals surface area contributed by atoms with Gasteiger partial charge in [-0.3, -0.25) is 0 Å². The van der Waals surface area contributed by atoms with E-state index in [0.29, 0.717) is 23.8 Å². The summed E-state index contributed by atoms with van der Waals surface area (Å²) in [5.41, 5.74) is 1.69. The van der Waals surface area contributed by atoms with Crippen LogP contribution in [-0.4, -0.2) is 28.2 Å². The molecular weight excluding hydrogens is 290 g/mol. The summed E-state index contributed by atoms with van der Waals surface area (Å²) in [5, 5.41) is 3.04. The van der Waals surface area contributed by atoms with Crippen LogP contribution in [0.3, 0.4) is 0 Å². The molecule has 1 amide bonds. The SMILES string of the molecule is CC(C)(C)OC(=O)NCCc1nc2ccccc2nc1Cl. The first-order chi connectivity index (χ1) is 9.85. The molecule has 1 aromatic carbocycles. The lowest BCUT2D eigenvalue weighted by molar-refractivity contribution is 0.0528. The quantitative estimate of drug-likeness (QED) is 0.944. The van der Waals surface area contributed by atoms with Crippen molar-refractivity contribution < 1.29 is 9.53 Å². The molecule has 1 aromatic heterocycles. The van der Waals surface area contributed by atoms with Gasteiger partial charge in [-0.05, 0) is 32.9 Å². The number of halogens is 1. The van der Waals surface area contributed by atoms with Crippen molar-refractivity contribution in [2.75, 3.05) is 6.54 Å². The maximum Gasteiger partial charge on any atom is 0.407 e. The number of amides is 1. The topological polar surface area (TPSA) is 64.1 Å². The summed E-state index contributed by atoms with van der Waals surface area (Å²) in [5.74, 6) is 0. The molecule has 0 radical (unpaired) electrons. The zero-order valence-corrected chi connectivity index (χ0v) is 13.1. The standard InChI is InChI=1S/C15H18ClN3O2/c1-15(2,3)21-14(20)17-9-8-12-13(16)19-11-7-5-4-6-10(11)18-12/h4-7H,8-9H2,1-3H3,(H,17,20). The first-order valence-electron chi connectivity index (χ1n) is 6.73. The molecule has 0 spiro atoms. The Kier molecular flexibility index (Phi) is 4.63. The lowest BCUT2D eigenvalue weighted by Crippen LogP contribution is -2.33. The summed E-state index contributed by atoms with van der Waals surface area (Å²) in [7, 11) is 0. The smallest absolute Gasteiger partial charge is 0.407 e. The fraction of sp³-hybridized carbons (Fsp3) is 0.400. The van der Waals surface area contributed by atoms with Gasteiger partial charge in [-0.25, -0.2) is 14.8 Å². The van der Waals surface area contributed by atoms with Crippen LogP contribution in [0, 0.1) is 0 Å². The zero-order valence-electron chi connectivity index (χ0n) is 12.3. The Morgan fingerprint density at radius 1 is 1.24 bits per heavy atom. The van der Waals surface area contributed by atoms with E-state index in [4.69, 9.17) is 16.3 Å². The van der Waals surface area contributed by atoms with Crippen molar-refractivity contribution in [3.05, 3.63) is 35.1 Å². The van der Waals surface area contributed by atoms with E-state index in [1.807, 2.05) is 45.0 Å². The van der Waals surface area contributed by atoms with Gasteiger partial charge in [-0.2, -0.15) is 0 Å². The number of nitrogens with one attached hydrogen (secondary N) is 1. The Morgan fingerprint density at radius 2 is 1.86 bits per heavy atom. The molecule has 1 N–H and O–H groups in total. The van der Waals surface area contributed by atoms with Gasteiger partial charge in [0.15, 0.2) is 5.15 Å². The van der Waals surface area contributed by atoms with Gasteiger partial charge in [-0.15, -0.1) is 0 Å². The van der Waals surface area contributed by atoms with E-state index in [0.717, 1.165) is 11.0 Å². The number of ether oxygens (including phenoxy) is 1. The molecule has 0 atom stereocenters. The van der Waals surface area contributed by atoms with Crippen molar-refractivity contribution in [3.63, 3.8) is 0 Å². The number of carbonyl (C=O) groups is 1. The monoisotopic (exact) mass is 307 g/mol. The highest BCUT2D eigenvalue weighted by atomic mass is 35.5. The number of benzene rings is 1. The van der Waals surface area contributed by atoms with Crippen molar-refractivity contribution in [1.29, 1.82) is 0 Å². The Hall–Kier alpha value is -1.88. The van der Waals surface area contributed by atoms with E-state index < -0.39 is 11.7 Å². The molecule has 2 rings (SSSR count). The number of nitrogens with zero attached hydrogens (tertiary/aromatic N) is 2. The molecule has 0 aliphatic rings. The summed E-state index contributed by atoms with van der Waals surface area (Å²) in [6.07, 6.45) is 0.0444. The second-order valence-electron chi connectivity index (χ2n) is 5.63. The van der Waals surface area contributed by atoms with E-state index >= 15 is 0 Å². The van der Waals surface area contributed by atoms with Crippen molar-refractivity contribution >= 4 is 28.7 Å². The van der Waals surface area contributed by atoms with Crippen molar-refractivity contribution in [2.45, 2.75) is 32.8 Å². The van der Waals surface area contributed by atoms with E-state index in [-0.39, 0.29) is 0 Å². The zero-order chi connectivity index (χ0) is 15.5. The summed E-state index contributed by atoms with van der Waals surface area (Å²) >= 11 is 6.11. The van der Waals surface area contributed by atoms with Gasteiger partial charge in [0.25, 0.3) is 0 Å². The molecule has 0 saturated heterocycles. The van der Waals surface area contributed by atoms with Crippen molar-refractivity contribution in [1.82, 2.24) is 15.3 Å². The van der Waals surface area contributed by atoms with E-state index in [1.165, 1.54) is 0 Å². The van der Waals surface area contributed by atoms with Gasteiger partial charge in [0.1, 0.15) is 5.60 Å². The third-order valence-electron chi connectivity index (χ3n) is 2.62. The average Bonchev–Trinajstić information content (AvgIpc) is 2.37. The predicted molar refractivity (Wildman–Crippen MR) is 82.5 cm³/mol. The Morgan fingerprint density at radius 3 is 2.48 bits per heavy atom. The minimum absolute atomic E-state index is 0.361. The number of hydrogen-bond donors (Lipinski definition) is 1. The molecule has 0 aliphatic carbocycles. The van der Waals surface area contributed by atoms with E-state index in [9.17, 15) is 4.79 Å². The second kappa shape index (κ2) is 6.26. The third-order valence-corrected chi connectivity index (χ3v) is 2.93. The number of para-hydroxylation sites is 2. The minimum Gasteiger partial charge on any atom is -0.444 e. The predicted octanol–water partition coefficient (Wildman–Crippen LogP) is 3.35. The Bertz CT molecular complexity index is 653. The van der Waals surface area contributed by atoms with Crippen LogP contribution in [-0.2, 0) is 11.2 Å². The summed E-state index contributed by atoms with van der Waals surface area (Å²) in [6, 6.07) is 7.52. The van der Waals surface area contributed by atoms with Crippen LogP contribution < -0.4 is 5.32 Å². The first-order valence-corrected chi connectivity index (χ1v) is 7.11. The van der Waals surface area contributed by atoms with Gasteiger partial charge in [0.05, 0.1) is 16.7 Å². The van der Waals surface area contributed by atoms with Gasteiger partial charge in [-0.1, -0.05) is 23.7 Å². The van der Waals surface area contributed by atoms with Crippen LogP contribution >= 0.6 is 11.6 Å². The highest BCUT2D eigenvalue weighted by molar-refractivity contribution is 6.30. The molecule has 0 unspecified atom stereocenters. The summed E-state index contributed by atoms with van der Waals surface area (Å²) < 4.78 is 5.16. The van der Waals surface area contributed by atoms with Gasteiger partial charge in [0.2, 0.25) is 0 Å². The van der Waals surface area contributed by atoms with Crippen LogP contribution in [0.1, 0.15) is 26.5 Å². The minimum atomic E-state index is -0.509. The molecule has 21 heavy (non-hydrogen) atoms. The van der Waals surface area contributed by atoms with Crippen LogP contribution in [0.4, 0.5) is 4.79 Å². The largest absolute Gasteiger partial charge is 0.444 e. The number of aromatic nitrogens is 2. The first kappa shape index (κ1) is 15.5. The number of rotatable bonds is 3. The molecular formula is C15H18ClN3O2. The fourth-order valence-electron chi connectivity index (χ4n) is 1.77. The molecule has 0 aliphatic heterocycles. The molecule has 0 fully saturated rings. The highest BCUT2D eigenvalue weighted by Crippen LogP contribution is 2.17. The van der Waals surface area contributed by atoms with Crippen LogP contribution in [0.2, 0.25) is 5.15 Å². The molecule has 0 bridgehead atoms. The Labute approximate surface area is 128 Å². The van der Waals surface area contributed by atoms with Crippen molar-refractivity contribution in [3.8, 4) is 0 Å². The number of alkyl carbamates (subject to hydrolysis) is 1.